The highest BCUT2D eigenvalue weighted by Crippen LogP contribution is 2.34. The van der Waals surface area contributed by atoms with E-state index in [0.717, 1.165) is 18.6 Å². The number of rotatable bonds is 1. The molecule has 1 atom stereocenters. The molecule has 0 spiro atoms. The number of aryl methyl sites for hydroxylation is 1. The fraction of sp³-hybridized carbons (Fsp3) is 0.278. The van der Waals surface area contributed by atoms with Crippen LogP contribution < -0.4 is 5.32 Å². The summed E-state index contributed by atoms with van der Waals surface area (Å²) in [6, 6.07) is 13.2. The number of hydrogen-bond acceptors (Lipinski definition) is 1. The first-order chi connectivity index (χ1) is 10.3. The van der Waals surface area contributed by atoms with Gasteiger partial charge in [-0.05, 0) is 43.2 Å². The van der Waals surface area contributed by atoms with Crippen LogP contribution in [0, 0.1) is 6.92 Å². The highest BCUT2D eigenvalue weighted by Gasteiger charge is 2.29. The van der Waals surface area contributed by atoms with Gasteiger partial charge in [0.05, 0.1) is 12.2 Å². The third kappa shape index (κ3) is 1.81. The predicted octanol–water partition coefficient (Wildman–Crippen LogP) is 2.51. The van der Waals surface area contributed by atoms with Crippen LogP contribution in [0.3, 0.4) is 0 Å². The summed E-state index contributed by atoms with van der Waals surface area (Å²) < 4.78 is 2.36. The Morgan fingerprint density at radius 1 is 1.19 bits per heavy atom. The zero-order valence-corrected chi connectivity index (χ0v) is 12.5. The molecule has 3 aromatic rings. The molecule has 1 aromatic carbocycles. The van der Waals surface area contributed by atoms with Gasteiger partial charge < -0.3 is 5.32 Å². The standard InChI is InChI=1S/C18H19N3/c1-12-8-10-20-18-16(12)15-9-11-19-13(2)17(15)21(18)14-6-4-3-5-7-14/h3-8,10,13,19H,9,11H2,1-2H3/p+1/t13-/m0/s1. The molecule has 0 radical (unpaired) electrons. The number of nitrogens with two attached hydrogens (primary N) is 1. The number of benzene rings is 1. The number of fused-ring (bicyclic) bond motifs is 3. The van der Waals surface area contributed by atoms with Crippen LogP contribution in [0.25, 0.3) is 16.7 Å². The molecule has 0 aliphatic carbocycles. The molecule has 3 nitrogen and oxygen atoms in total. The van der Waals surface area contributed by atoms with Gasteiger partial charge in [0.25, 0.3) is 0 Å². The first-order valence-electron chi connectivity index (χ1n) is 7.65. The van der Waals surface area contributed by atoms with E-state index in [0.29, 0.717) is 6.04 Å². The van der Waals surface area contributed by atoms with E-state index in [-0.39, 0.29) is 0 Å². The molecule has 3 heteroatoms. The van der Waals surface area contributed by atoms with E-state index in [2.05, 4.69) is 60.1 Å². The van der Waals surface area contributed by atoms with Gasteiger partial charge in [-0.2, -0.15) is 0 Å². The highest BCUT2D eigenvalue weighted by atomic mass is 15.1. The summed E-state index contributed by atoms with van der Waals surface area (Å²) in [6.45, 7) is 5.66. The third-order valence-electron chi connectivity index (χ3n) is 4.56. The maximum absolute atomic E-state index is 4.71. The normalized spacial score (nSPS) is 17.9. The summed E-state index contributed by atoms with van der Waals surface area (Å²) in [5.41, 5.74) is 6.57. The molecule has 0 saturated carbocycles. The Bertz CT molecular complexity index is 802. The molecule has 2 aromatic heterocycles. The van der Waals surface area contributed by atoms with Crippen molar-refractivity contribution in [3.8, 4) is 5.69 Å². The Morgan fingerprint density at radius 3 is 2.81 bits per heavy atom. The minimum atomic E-state index is 0.475. The average Bonchev–Trinajstić information content (AvgIpc) is 2.85. The molecule has 1 aliphatic heterocycles. The highest BCUT2D eigenvalue weighted by molar-refractivity contribution is 5.87. The van der Waals surface area contributed by atoms with Crippen molar-refractivity contribution in [2.75, 3.05) is 6.54 Å². The van der Waals surface area contributed by atoms with Crippen molar-refractivity contribution in [2.45, 2.75) is 26.3 Å². The van der Waals surface area contributed by atoms with Gasteiger partial charge in [-0.3, -0.25) is 4.57 Å². The first kappa shape index (κ1) is 12.6. The van der Waals surface area contributed by atoms with Crippen LogP contribution in [-0.2, 0) is 6.42 Å². The van der Waals surface area contributed by atoms with Crippen LogP contribution in [0.1, 0.15) is 29.8 Å². The fourth-order valence-electron chi connectivity index (χ4n) is 3.62. The number of aromatic nitrogens is 2. The van der Waals surface area contributed by atoms with Gasteiger partial charge in [0.1, 0.15) is 11.7 Å². The minimum absolute atomic E-state index is 0.475. The maximum Gasteiger partial charge on any atom is 0.145 e. The molecule has 1 aliphatic rings. The molecule has 4 rings (SSSR count). The molecular weight excluding hydrogens is 258 g/mol. The van der Waals surface area contributed by atoms with Crippen molar-refractivity contribution in [1.82, 2.24) is 9.55 Å². The van der Waals surface area contributed by atoms with Gasteiger partial charge in [-0.1, -0.05) is 18.2 Å². The Hall–Kier alpha value is -2.13. The van der Waals surface area contributed by atoms with Gasteiger partial charge in [0, 0.05) is 23.7 Å². The molecule has 106 valence electrons. The van der Waals surface area contributed by atoms with Gasteiger partial charge >= 0.3 is 0 Å². The van der Waals surface area contributed by atoms with E-state index in [1.807, 2.05) is 6.20 Å². The number of pyridine rings is 1. The van der Waals surface area contributed by atoms with Crippen molar-refractivity contribution in [2.24, 2.45) is 0 Å². The Morgan fingerprint density at radius 2 is 2.00 bits per heavy atom. The van der Waals surface area contributed by atoms with Crippen molar-refractivity contribution in [1.29, 1.82) is 0 Å². The summed E-state index contributed by atoms with van der Waals surface area (Å²) in [7, 11) is 0. The molecule has 2 N–H and O–H groups in total. The lowest BCUT2D eigenvalue weighted by Gasteiger charge is -2.20. The second-order valence-corrected chi connectivity index (χ2v) is 5.92. The van der Waals surface area contributed by atoms with Crippen molar-refractivity contribution in [3.63, 3.8) is 0 Å². The number of nitrogens with zero attached hydrogens (tertiary/aromatic N) is 2. The van der Waals surface area contributed by atoms with E-state index in [1.165, 1.54) is 27.9 Å². The average molecular weight is 278 g/mol. The molecule has 0 bridgehead atoms. The second-order valence-electron chi connectivity index (χ2n) is 5.92. The number of hydrogen-bond donors (Lipinski definition) is 1. The zero-order chi connectivity index (χ0) is 14.4. The topological polar surface area (TPSA) is 34.4 Å². The lowest BCUT2D eigenvalue weighted by molar-refractivity contribution is -0.696. The predicted molar refractivity (Wildman–Crippen MR) is 84.7 cm³/mol. The number of quaternary nitrogens is 1. The van der Waals surface area contributed by atoms with Crippen LogP contribution in [-0.4, -0.2) is 16.1 Å². The van der Waals surface area contributed by atoms with E-state index < -0.39 is 0 Å². The van der Waals surface area contributed by atoms with Crippen molar-refractivity contribution >= 4 is 11.0 Å². The summed E-state index contributed by atoms with van der Waals surface area (Å²) in [6.07, 6.45) is 3.06. The molecule has 21 heavy (non-hydrogen) atoms. The lowest BCUT2D eigenvalue weighted by Crippen LogP contribution is -2.86. The third-order valence-corrected chi connectivity index (χ3v) is 4.56. The van der Waals surface area contributed by atoms with E-state index in [9.17, 15) is 0 Å². The van der Waals surface area contributed by atoms with Gasteiger partial charge in [0.15, 0.2) is 0 Å². The summed E-state index contributed by atoms with van der Waals surface area (Å²) in [5, 5.41) is 3.78. The largest absolute Gasteiger partial charge is 0.339 e. The Kier molecular flexibility index (Phi) is 2.82. The van der Waals surface area contributed by atoms with Crippen LogP contribution in [0.2, 0.25) is 0 Å². The monoisotopic (exact) mass is 278 g/mol. The van der Waals surface area contributed by atoms with E-state index in [1.54, 1.807) is 0 Å². The van der Waals surface area contributed by atoms with Crippen molar-refractivity contribution < 1.29 is 5.32 Å². The van der Waals surface area contributed by atoms with Crippen LogP contribution in [0.4, 0.5) is 0 Å². The summed E-state index contributed by atoms with van der Waals surface area (Å²) in [5.74, 6) is 0. The molecule has 0 fully saturated rings. The number of para-hydroxylation sites is 1. The summed E-state index contributed by atoms with van der Waals surface area (Å²) >= 11 is 0. The fourth-order valence-corrected chi connectivity index (χ4v) is 3.62. The van der Waals surface area contributed by atoms with Crippen molar-refractivity contribution in [3.05, 3.63) is 59.4 Å². The molecule has 0 amide bonds. The molecule has 0 saturated heterocycles. The quantitative estimate of drug-likeness (QED) is 0.729. The zero-order valence-electron chi connectivity index (χ0n) is 12.5. The van der Waals surface area contributed by atoms with Crippen LogP contribution >= 0.6 is 0 Å². The van der Waals surface area contributed by atoms with E-state index in [4.69, 9.17) is 4.98 Å². The van der Waals surface area contributed by atoms with Crippen LogP contribution in [0.15, 0.2) is 42.6 Å². The minimum Gasteiger partial charge on any atom is -0.339 e. The van der Waals surface area contributed by atoms with Gasteiger partial charge in [-0.15, -0.1) is 0 Å². The first-order valence-corrected chi connectivity index (χ1v) is 7.65. The van der Waals surface area contributed by atoms with Crippen LogP contribution in [0.5, 0.6) is 0 Å². The Labute approximate surface area is 124 Å². The molecule has 0 unspecified atom stereocenters. The SMILES string of the molecule is Cc1ccnc2c1c1c(n2-c2ccccc2)[C@H](C)[NH2+]CC1. The van der Waals surface area contributed by atoms with E-state index >= 15 is 0 Å². The maximum atomic E-state index is 4.71. The Balaban J connectivity index is 2.15. The summed E-state index contributed by atoms with van der Waals surface area (Å²) in [4.78, 5) is 4.71. The smallest absolute Gasteiger partial charge is 0.145 e. The lowest BCUT2D eigenvalue weighted by atomic mass is 9.99. The molecule has 3 heterocycles. The van der Waals surface area contributed by atoms with Gasteiger partial charge in [0.2, 0.25) is 0 Å². The van der Waals surface area contributed by atoms with Gasteiger partial charge in [-0.25, -0.2) is 4.98 Å². The second kappa shape index (κ2) is 4.71. The molecular formula is C18H20N3+.